The van der Waals surface area contributed by atoms with Crippen LogP contribution >= 0.6 is 0 Å². The molecule has 0 atom stereocenters. The Bertz CT molecular complexity index is 573. The number of carbonyl (C=O) groups is 2. The monoisotopic (exact) mass is 262 g/mol. The van der Waals surface area contributed by atoms with Gasteiger partial charge < -0.3 is 9.47 Å². The van der Waals surface area contributed by atoms with Crippen LogP contribution in [-0.2, 0) is 17.8 Å². The number of fused-ring (bicyclic) bond motifs is 1. The third kappa shape index (κ3) is 2.75. The first-order valence-electron chi connectivity index (χ1n) is 6.47. The molecule has 1 aromatic heterocycles. The summed E-state index contributed by atoms with van der Waals surface area (Å²) in [7, 11) is 3.38. The van der Waals surface area contributed by atoms with Gasteiger partial charge in [0.25, 0.3) is 5.56 Å². The minimum Gasteiger partial charge on any atom is -0.349 e. The normalized spacial score (nSPS) is 14.1. The number of aromatic nitrogens is 1. The second kappa shape index (κ2) is 5.38. The zero-order valence-corrected chi connectivity index (χ0v) is 11.3. The third-order valence-electron chi connectivity index (χ3n) is 3.46. The van der Waals surface area contributed by atoms with Crippen molar-refractivity contribution in [3.63, 3.8) is 0 Å². The second-order valence-electron chi connectivity index (χ2n) is 5.00. The van der Waals surface area contributed by atoms with Gasteiger partial charge in [-0.15, -0.1) is 0 Å². The fraction of sp³-hybridized carbons (Fsp3) is 0.500. The zero-order valence-electron chi connectivity index (χ0n) is 11.3. The van der Waals surface area contributed by atoms with Crippen molar-refractivity contribution < 1.29 is 9.59 Å². The smallest absolute Gasteiger partial charge is 0.250 e. The molecule has 102 valence electrons. The van der Waals surface area contributed by atoms with Crippen molar-refractivity contribution in [2.24, 2.45) is 0 Å². The molecule has 2 rings (SSSR count). The highest BCUT2D eigenvalue weighted by Gasteiger charge is 2.20. The van der Waals surface area contributed by atoms with Crippen LogP contribution in [0, 0.1) is 0 Å². The molecule has 0 fully saturated rings. The van der Waals surface area contributed by atoms with Crippen LogP contribution in [0.25, 0.3) is 0 Å². The lowest BCUT2D eigenvalue weighted by Crippen LogP contribution is -2.30. The molecular weight excluding hydrogens is 244 g/mol. The number of amides is 1. The highest BCUT2D eigenvalue weighted by molar-refractivity contribution is 5.98. The molecular formula is C14H18N2O3. The summed E-state index contributed by atoms with van der Waals surface area (Å²) in [6, 6.07) is 3.03. The fourth-order valence-corrected chi connectivity index (χ4v) is 2.37. The van der Waals surface area contributed by atoms with Crippen molar-refractivity contribution in [3.05, 3.63) is 33.7 Å². The fourth-order valence-electron chi connectivity index (χ4n) is 2.37. The van der Waals surface area contributed by atoms with E-state index in [2.05, 4.69) is 0 Å². The largest absolute Gasteiger partial charge is 0.349 e. The van der Waals surface area contributed by atoms with Crippen molar-refractivity contribution in [3.8, 4) is 0 Å². The molecule has 0 radical (unpaired) electrons. The van der Waals surface area contributed by atoms with Gasteiger partial charge in [-0.2, -0.15) is 0 Å². The van der Waals surface area contributed by atoms with Crippen molar-refractivity contribution in [2.45, 2.75) is 32.2 Å². The molecule has 0 aliphatic heterocycles. The predicted octanol–water partition coefficient (Wildman–Crippen LogP) is 0.846. The highest BCUT2D eigenvalue weighted by atomic mass is 16.2. The molecule has 0 aromatic carbocycles. The van der Waals surface area contributed by atoms with E-state index in [1.54, 1.807) is 24.7 Å². The molecule has 0 unspecified atom stereocenters. The Hall–Kier alpha value is -1.91. The summed E-state index contributed by atoms with van der Waals surface area (Å²) in [6.45, 7) is 0.340. The Morgan fingerprint density at radius 2 is 2.00 bits per heavy atom. The number of pyridine rings is 1. The molecule has 0 spiro atoms. The van der Waals surface area contributed by atoms with Gasteiger partial charge in [-0.3, -0.25) is 14.4 Å². The number of ketones is 1. The van der Waals surface area contributed by atoms with Crippen LogP contribution in [0.5, 0.6) is 0 Å². The molecule has 0 N–H and O–H groups in total. The van der Waals surface area contributed by atoms with E-state index in [1.807, 2.05) is 0 Å². The zero-order chi connectivity index (χ0) is 14.0. The average Bonchev–Trinajstić information content (AvgIpc) is 2.37. The number of carbonyl (C=O) groups excluding carboxylic acids is 2. The second-order valence-corrected chi connectivity index (χ2v) is 5.00. The summed E-state index contributed by atoms with van der Waals surface area (Å²) < 4.78 is 1.58. The van der Waals surface area contributed by atoms with Gasteiger partial charge in [-0.05, 0) is 18.9 Å². The van der Waals surface area contributed by atoms with Crippen LogP contribution in [0.15, 0.2) is 16.9 Å². The van der Waals surface area contributed by atoms with Gasteiger partial charge in [0.2, 0.25) is 5.91 Å². The van der Waals surface area contributed by atoms with E-state index < -0.39 is 0 Å². The molecule has 1 aliphatic rings. The minimum atomic E-state index is -0.139. The quantitative estimate of drug-likeness (QED) is 0.811. The lowest BCUT2D eigenvalue weighted by atomic mass is 9.94. The lowest BCUT2D eigenvalue weighted by Gasteiger charge is -2.20. The molecule has 5 heteroatoms. The maximum atomic E-state index is 11.9. The van der Waals surface area contributed by atoms with E-state index in [-0.39, 0.29) is 23.7 Å². The summed E-state index contributed by atoms with van der Waals surface area (Å²) in [4.78, 5) is 36.8. The predicted molar refractivity (Wildman–Crippen MR) is 71.3 cm³/mol. The van der Waals surface area contributed by atoms with Crippen LogP contribution in [0.3, 0.4) is 0 Å². The van der Waals surface area contributed by atoms with E-state index in [0.29, 0.717) is 18.5 Å². The Kier molecular flexibility index (Phi) is 3.83. The summed E-state index contributed by atoms with van der Waals surface area (Å²) in [6.07, 6.45) is 2.32. The number of rotatable bonds is 3. The summed E-state index contributed by atoms with van der Waals surface area (Å²) >= 11 is 0. The first-order chi connectivity index (χ1) is 9.00. The SMILES string of the molecule is CN(C)C(=O)CCn1c2c(ccc1=O)C(=O)CCC2. The van der Waals surface area contributed by atoms with E-state index in [4.69, 9.17) is 0 Å². The van der Waals surface area contributed by atoms with Crippen LogP contribution in [0.2, 0.25) is 0 Å². The van der Waals surface area contributed by atoms with Gasteiger partial charge >= 0.3 is 0 Å². The van der Waals surface area contributed by atoms with Gasteiger partial charge in [0.15, 0.2) is 5.78 Å². The van der Waals surface area contributed by atoms with Gasteiger partial charge in [0.05, 0.1) is 0 Å². The molecule has 19 heavy (non-hydrogen) atoms. The summed E-state index contributed by atoms with van der Waals surface area (Å²) in [5, 5.41) is 0. The number of nitrogens with zero attached hydrogens (tertiary/aromatic N) is 2. The van der Waals surface area contributed by atoms with Crippen molar-refractivity contribution in [2.75, 3.05) is 14.1 Å². The molecule has 1 heterocycles. The number of hydrogen-bond donors (Lipinski definition) is 0. The molecule has 1 aromatic rings. The Balaban J connectivity index is 2.30. The molecule has 1 aliphatic carbocycles. The van der Waals surface area contributed by atoms with Crippen molar-refractivity contribution >= 4 is 11.7 Å². The van der Waals surface area contributed by atoms with Crippen LogP contribution in [0.4, 0.5) is 0 Å². The molecule has 0 saturated heterocycles. The van der Waals surface area contributed by atoms with Crippen molar-refractivity contribution in [1.82, 2.24) is 9.47 Å². The summed E-state index contributed by atoms with van der Waals surface area (Å²) in [5.74, 6) is 0.0700. The van der Waals surface area contributed by atoms with Gasteiger partial charge in [-0.1, -0.05) is 0 Å². The van der Waals surface area contributed by atoms with Crippen LogP contribution in [0.1, 0.15) is 35.3 Å². The first kappa shape index (κ1) is 13.5. The third-order valence-corrected chi connectivity index (χ3v) is 3.46. The first-order valence-corrected chi connectivity index (χ1v) is 6.47. The Labute approximate surface area is 111 Å². The average molecular weight is 262 g/mol. The van der Waals surface area contributed by atoms with E-state index in [1.165, 1.54) is 11.0 Å². The van der Waals surface area contributed by atoms with Crippen LogP contribution in [-0.4, -0.2) is 35.3 Å². The van der Waals surface area contributed by atoms with E-state index >= 15 is 0 Å². The highest BCUT2D eigenvalue weighted by Crippen LogP contribution is 2.19. The van der Waals surface area contributed by atoms with E-state index in [0.717, 1.165) is 18.5 Å². The number of hydrogen-bond acceptors (Lipinski definition) is 3. The minimum absolute atomic E-state index is 0.0216. The standard InChI is InChI=1S/C14H18N2O3/c1-15(2)13(18)8-9-16-11-4-3-5-12(17)10(11)6-7-14(16)19/h6-7H,3-5,8-9H2,1-2H3. The van der Waals surface area contributed by atoms with Gasteiger partial charge in [0.1, 0.15) is 0 Å². The Morgan fingerprint density at radius 1 is 1.26 bits per heavy atom. The van der Waals surface area contributed by atoms with E-state index in [9.17, 15) is 14.4 Å². The Morgan fingerprint density at radius 3 is 2.68 bits per heavy atom. The topological polar surface area (TPSA) is 59.4 Å². The van der Waals surface area contributed by atoms with Gasteiger partial charge in [0, 0.05) is 50.8 Å². The van der Waals surface area contributed by atoms with Crippen LogP contribution < -0.4 is 5.56 Å². The summed E-state index contributed by atoms with van der Waals surface area (Å²) in [5.41, 5.74) is 1.29. The molecule has 5 nitrogen and oxygen atoms in total. The molecule has 0 saturated carbocycles. The molecule has 0 bridgehead atoms. The molecule has 1 amide bonds. The van der Waals surface area contributed by atoms with Gasteiger partial charge in [-0.25, -0.2) is 0 Å². The lowest BCUT2D eigenvalue weighted by molar-refractivity contribution is -0.128. The van der Waals surface area contributed by atoms with Crippen molar-refractivity contribution in [1.29, 1.82) is 0 Å². The maximum Gasteiger partial charge on any atom is 0.250 e. The maximum absolute atomic E-state index is 11.9. The number of Topliss-reactive ketones (excluding diaryl/α,β-unsaturated/α-hetero) is 1.